The minimum Gasteiger partial charge on any atom is -0.394 e. The largest absolute Gasteiger partial charge is 0.417 e. The predicted molar refractivity (Wildman–Crippen MR) is 268 cm³/mol. The number of hydrogen-bond donors (Lipinski definition) is 3. The van der Waals surface area contributed by atoms with E-state index in [9.17, 15) is 31.9 Å². The molecule has 1 aromatic heterocycles. The van der Waals surface area contributed by atoms with Crippen molar-refractivity contribution < 1.29 is 46.2 Å². The molecular formula is C52H67Cl2F5N6O5S. The number of hydrogen-bond acceptors (Lipinski definition) is 9. The van der Waals surface area contributed by atoms with E-state index in [0.29, 0.717) is 39.3 Å². The van der Waals surface area contributed by atoms with Crippen LogP contribution in [0.15, 0.2) is 78.2 Å². The molecule has 4 fully saturated rings. The number of alkyl halides is 4. The topological polar surface area (TPSA) is 126 Å². The van der Waals surface area contributed by atoms with Gasteiger partial charge in [-0.2, -0.15) is 13.2 Å². The van der Waals surface area contributed by atoms with Crippen LogP contribution in [0.1, 0.15) is 115 Å². The second-order valence-corrected chi connectivity index (χ2v) is 21.7. The summed E-state index contributed by atoms with van der Waals surface area (Å²) < 4.78 is 82.7. The molecule has 1 amide bonds. The first-order valence-corrected chi connectivity index (χ1v) is 25.6. The van der Waals surface area contributed by atoms with E-state index in [1.54, 1.807) is 35.0 Å². The van der Waals surface area contributed by atoms with Crippen molar-refractivity contribution in [2.24, 2.45) is 22.4 Å². The molecule has 3 N–H and O–H groups in total. The number of halogens is 7. The number of H-pyrrole nitrogens is 1. The Morgan fingerprint density at radius 1 is 1.01 bits per heavy atom. The van der Waals surface area contributed by atoms with E-state index in [1.807, 2.05) is 24.3 Å². The first-order valence-electron chi connectivity index (χ1n) is 24.5. The smallest absolute Gasteiger partial charge is 0.394 e. The third-order valence-corrected chi connectivity index (χ3v) is 15.0. The van der Waals surface area contributed by atoms with Gasteiger partial charge in [0.05, 0.1) is 41.7 Å². The molecule has 3 aromatic carbocycles. The van der Waals surface area contributed by atoms with Crippen molar-refractivity contribution in [3.63, 3.8) is 0 Å². The van der Waals surface area contributed by atoms with Crippen molar-refractivity contribution in [1.82, 2.24) is 25.0 Å². The van der Waals surface area contributed by atoms with Gasteiger partial charge >= 0.3 is 6.18 Å². The van der Waals surface area contributed by atoms with Crippen LogP contribution in [0.2, 0.25) is 5.02 Å². The van der Waals surface area contributed by atoms with E-state index < -0.39 is 51.2 Å². The first kappa shape index (κ1) is 56.3. The van der Waals surface area contributed by atoms with Gasteiger partial charge in [-0.05, 0) is 117 Å². The molecule has 1 aliphatic heterocycles. The molecule has 71 heavy (non-hydrogen) atoms. The summed E-state index contributed by atoms with van der Waals surface area (Å²) in [5.41, 5.74) is -1.93. The average Bonchev–Trinajstić information content (AvgIpc) is 4.23. The first-order chi connectivity index (χ1) is 33.6. The lowest BCUT2D eigenvalue weighted by molar-refractivity contribution is -0.197. The second kappa shape index (κ2) is 24.4. The normalized spacial score (nSPS) is 21.7. The van der Waals surface area contributed by atoms with E-state index in [0.717, 1.165) is 76.2 Å². The molecule has 19 heteroatoms. The number of rotatable bonds is 16. The van der Waals surface area contributed by atoms with Gasteiger partial charge in [0.25, 0.3) is 0 Å². The molecule has 4 aliphatic rings. The minimum atomic E-state index is -4.99. The monoisotopic (exact) mass is 1050 g/mol. The molecular weight excluding hydrogens is 987 g/mol. The van der Waals surface area contributed by atoms with Crippen LogP contribution in [0.5, 0.6) is 0 Å². The number of nitrogens with one attached hydrogen (secondary N) is 2. The zero-order valence-electron chi connectivity index (χ0n) is 41.1. The van der Waals surface area contributed by atoms with Crippen LogP contribution in [0, 0.1) is 33.7 Å². The number of likely N-dealkylation sites (N-methyl/N-ethyl adjacent to an activating group) is 1. The van der Waals surface area contributed by atoms with Crippen molar-refractivity contribution in [3.05, 3.63) is 117 Å². The summed E-state index contributed by atoms with van der Waals surface area (Å²) in [5.74, 6) is -4.08. The number of carbonyl (C=O) groups is 1. The third-order valence-electron chi connectivity index (χ3n) is 13.6. The predicted octanol–water partition coefficient (Wildman–Crippen LogP) is 11.8. The molecule has 11 nitrogen and oxygen atoms in total. The maximum atomic E-state index is 14.4. The quantitative estimate of drug-likeness (QED) is 0.0253. The highest BCUT2D eigenvalue weighted by Crippen LogP contribution is 2.53. The zero-order chi connectivity index (χ0) is 51.6. The van der Waals surface area contributed by atoms with Gasteiger partial charge in [-0.25, -0.2) is 13.8 Å². The van der Waals surface area contributed by atoms with Gasteiger partial charge in [0.2, 0.25) is 10.7 Å². The van der Waals surface area contributed by atoms with Gasteiger partial charge in [-0.15, -0.1) is 11.6 Å². The lowest BCUT2D eigenvalue weighted by Crippen LogP contribution is -2.47. The fourth-order valence-corrected chi connectivity index (χ4v) is 9.61. The second-order valence-electron chi connectivity index (χ2n) is 20.2. The summed E-state index contributed by atoms with van der Waals surface area (Å²) in [6.45, 7) is 16.0. The van der Waals surface area contributed by atoms with E-state index in [2.05, 4.69) is 60.1 Å². The Labute approximate surface area is 428 Å². The van der Waals surface area contributed by atoms with Gasteiger partial charge in [0.15, 0.2) is 23.3 Å². The number of ether oxygens (including phenoxy) is 2. The van der Waals surface area contributed by atoms with Crippen molar-refractivity contribution in [2.75, 3.05) is 32.8 Å². The number of aliphatic hydroxyl groups is 1. The maximum absolute atomic E-state index is 14.4. The third kappa shape index (κ3) is 15.8. The minimum absolute atomic E-state index is 0.107. The molecule has 1 saturated heterocycles. The molecule has 3 aliphatic carbocycles. The van der Waals surface area contributed by atoms with Gasteiger partial charge in [-0.3, -0.25) is 14.6 Å². The molecule has 0 bridgehead atoms. The molecule has 1 spiro atoms. The van der Waals surface area contributed by atoms with Gasteiger partial charge in [-0.1, -0.05) is 99.9 Å². The number of amidine groups is 1. The standard InChI is InChI=1S/C20H17F5N2O2.C18H35NO2.C14H15Cl2N3OS/c21-15-9-8-14(20(23,24)25)17(18(15)22)19(27-29-11-13-6-7-13)26-16(28)10-12-4-2-1-3-5-12;1-6-12-19(7-2)13-16-14-20-18(21-16)10-8-15(9-11-18)17(3,4)5;15-11-4-2-1-3-10(11)7-14(20,13(16)5-6-13)8-19-12(21)17-9-18-19/h1-5,8-9,13H,6-7,10-11H2,(H,26,27,28);15-16H,6-14H2,1-5H3;1-4,9,20H,5-8H2,(H,17,18,21). The lowest BCUT2D eigenvalue weighted by Gasteiger charge is -2.41. The number of amides is 1. The van der Waals surface area contributed by atoms with E-state index in [4.69, 9.17) is 49.7 Å². The van der Waals surface area contributed by atoms with Crippen molar-refractivity contribution in [2.45, 2.75) is 140 Å². The molecule has 2 heterocycles. The Hall–Kier alpha value is -3.97. The maximum Gasteiger partial charge on any atom is 0.417 e. The highest BCUT2D eigenvalue weighted by molar-refractivity contribution is 7.71. The fraction of sp³-hybridized carbons (Fsp3) is 0.577. The van der Waals surface area contributed by atoms with Crippen LogP contribution in [0.4, 0.5) is 22.0 Å². The Morgan fingerprint density at radius 2 is 1.69 bits per heavy atom. The molecule has 8 rings (SSSR count). The van der Waals surface area contributed by atoms with Gasteiger partial charge < -0.3 is 29.6 Å². The summed E-state index contributed by atoms with van der Waals surface area (Å²) in [6.07, 6.45) is 6.11. The lowest BCUT2D eigenvalue weighted by atomic mass is 9.71. The number of carbonyl (C=O) groups excluding carboxylic acids is 1. The summed E-state index contributed by atoms with van der Waals surface area (Å²) in [7, 11) is 0. The number of aromatic amines is 1. The Balaban J connectivity index is 0.000000178. The van der Waals surface area contributed by atoms with Crippen LogP contribution >= 0.6 is 35.4 Å². The molecule has 0 radical (unpaired) electrons. The van der Waals surface area contributed by atoms with E-state index in [1.165, 1.54) is 25.6 Å². The van der Waals surface area contributed by atoms with Gasteiger partial charge in [0.1, 0.15) is 18.5 Å². The van der Waals surface area contributed by atoms with Gasteiger partial charge in [0, 0.05) is 30.8 Å². The number of benzene rings is 3. The molecule has 2 unspecified atom stereocenters. The van der Waals surface area contributed by atoms with Crippen LogP contribution in [-0.2, 0) is 44.7 Å². The average molecular weight is 1050 g/mol. The molecule has 3 saturated carbocycles. The Kier molecular flexibility index (Phi) is 19.3. The van der Waals surface area contributed by atoms with E-state index in [-0.39, 0.29) is 37.4 Å². The van der Waals surface area contributed by atoms with Crippen LogP contribution in [0.25, 0.3) is 0 Å². The summed E-state index contributed by atoms with van der Waals surface area (Å²) >= 11 is 17.9. The molecule has 2 atom stereocenters. The number of nitrogens with zero attached hydrogens (tertiary/aromatic N) is 4. The SMILES string of the molecule is CCCN(CC)CC1COC2(CCC(C(C)(C)C)CC2)O1.O=C(Cc1ccccc1)N/C(=N\OCC1CC1)c1c(C(F)(F)F)ccc(F)c1F.OC(Cc1ccccc1Cl)(Cn1[nH]cnc1=S)C1(Cl)CC1. The fourth-order valence-electron chi connectivity index (χ4n) is 9.02. The van der Waals surface area contributed by atoms with Crippen molar-refractivity contribution in [3.8, 4) is 0 Å². The molecule has 4 aromatic rings. The molecule has 390 valence electrons. The van der Waals surface area contributed by atoms with Crippen molar-refractivity contribution in [1.29, 1.82) is 0 Å². The van der Waals surface area contributed by atoms with Crippen LogP contribution in [0.3, 0.4) is 0 Å². The van der Waals surface area contributed by atoms with Crippen LogP contribution in [-0.4, -0.2) is 91.7 Å². The highest BCUT2D eigenvalue weighted by Gasteiger charge is 2.58. The summed E-state index contributed by atoms with van der Waals surface area (Å²) in [5, 5.41) is 20.4. The Bertz CT molecular complexity index is 2450. The number of aromatic nitrogens is 3. The van der Waals surface area contributed by atoms with E-state index >= 15 is 0 Å². The van der Waals surface area contributed by atoms with Crippen LogP contribution < -0.4 is 5.32 Å². The summed E-state index contributed by atoms with van der Waals surface area (Å²) in [6, 6.07) is 16.6. The zero-order valence-corrected chi connectivity index (χ0v) is 43.4. The highest BCUT2D eigenvalue weighted by atomic mass is 35.5. The number of oxime groups is 1. The summed E-state index contributed by atoms with van der Waals surface area (Å²) in [4.78, 5) is 23.1. The van der Waals surface area contributed by atoms with Crippen molar-refractivity contribution >= 4 is 47.2 Å². The Morgan fingerprint density at radius 3 is 2.27 bits per heavy atom.